The van der Waals surface area contributed by atoms with Crippen molar-refractivity contribution in [3.8, 4) is 6.07 Å². The fourth-order valence-electron chi connectivity index (χ4n) is 1.67. The van der Waals surface area contributed by atoms with E-state index in [1.54, 1.807) is 0 Å². The third-order valence-corrected chi connectivity index (χ3v) is 3.36. The summed E-state index contributed by atoms with van der Waals surface area (Å²) in [6.45, 7) is 4.01. The molecule has 0 spiro atoms. The van der Waals surface area contributed by atoms with E-state index >= 15 is 0 Å². The zero-order valence-corrected chi connectivity index (χ0v) is 10.6. The highest BCUT2D eigenvalue weighted by molar-refractivity contribution is 7.12. The third-order valence-electron chi connectivity index (χ3n) is 2.49. The van der Waals surface area contributed by atoms with Gasteiger partial charge in [0.15, 0.2) is 5.82 Å². The molecule has 1 heterocycles. The average molecular weight is 243 g/mol. The summed E-state index contributed by atoms with van der Waals surface area (Å²) in [6, 6.07) is 10.2. The van der Waals surface area contributed by atoms with Crippen molar-refractivity contribution in [2.45, 2.75) is 20.3 Å². The molecule has 86 valence electrons. The summed E-state index contributed by atoms with van der Waals surface area (Å²) in [5.74, 6) is 0.663. The molecule has 0 atom stereocenters. The van der Waals surface area contributed by atoms with Crippen LogP contribution in [0.15, 0.2) is 24.3 Å². The quantitative estimate of drug-likeness (QED) is 0.895. The molecule has 0 bridgehead atoms. The van der Waals surface area contributed by atoms with Gasteiger partial charge in [0, 0.05) is 5.69 Å². The zero-order chi connectivity index (χ0) is 12.3. The second-order valence-electron chi connectivity index (χ2n) is 3.66. The summed E-state index contributed by atoms with van der Waals surface area (Å²) in [7, 11) is 0. The van der Waals surface area contributed by atoms with Crippen LogP contribution in [0, 0.1) is 18.3 Å². The Morgan fingerprint density at radius 3 is 2.88 bits per heavy atom. The predicted molar refractivity (Wildman–Crippen MR) is 70.7 cm³/mol. The number of para-hydroxylation sites is 1. The van der Waals surface area contributed by atoms with E-state index in [0.29, 0.717) is 10.7 Å². The van der Waals surface area contributed by atoms with Crippen molar-refractivity contribution in [1.82, 2.24) is 4.98 Å². The van der Waals surface area contributed by atoms with E-state index < -0.39 is 0 Å². The minimum atomic E-state index is 0.633. The Hall–Kier alpha value is -1.86. The van der Waals surface area contributed by atoms with Crippen molar-refractivity contribution in [3.63, 3.8) is 0 Å². The first-order chi connectivity index (χ1) is 8.24. The van der Waals surface area contributed by atoms with Crippen LogP contribution in [-0.4, -0.2) is 4.98 Å². The number of nitrogens with zero attached hydrogens (tertiary/aromatic N) is 2. The molecular weight excluding hydrogens is 230 g/mol. The lowest BCUT2D eigenvalue weighted by Crippen LogP contribution is -1.96. The van der Waals surface area contributed by atoms with Gasteiger partial charge in [-0.1, -0.05) is 25.1 Å². The minimum Gasteiger partial charge on any atom is -0.338 e. The van der Waals surface area contributed by atoms with Crippen molar-refractivity contribution in [2.24, 2.45) is 0 Å². The van der Waals surface area contributed by atoms with Gasteiger partial charge in [0.25, 0.3) is 0 Å². The van der Waals surface area contributed by atoms with Gasteiger partial charge in [-0.15, -0.1) is 11.3 Å². The van der Waals surface area contributed by atoms with Gasteiger partial charge in [-0.3, -0.25) is 0 Å². The van der Waals surface area contributed by atoms with Crippen LogP contribution in [-0.2, 0) is 6.42 Å². The Morgan fingerprint density at radius 1 is 1.41 bits per heavy atom. The van der Waals surface area contributed by atoms with Gasteiger partial charge in [-0.25, -0.2) is 4.98 Å². The first-order valence-corrected chi connectivity index (χ1v) is 6.28. The SMILES string of the molecule is CCc1ccccc1Nc1nc(C)sc1C#N. The van der Waals surface area contributed by atoms with Crippen LogP contribution in [0.5, 0.6) is 0 Å². The van der Waals surface area contributed by atoms with E-state index in [2.05, 4.69) is 29.4 Å². The van der Waals surface area contributed by atoms with Crippen LogP contribution in [0.4, 0.5) is 11.5 Å². The van der Waals surface area contributed by atoms with Gasteiger partial charge in [-0.05, 0) is 25.0 Å². The lowest BCUT2D eigenvalue weighted by molar-refractivity contribution is 1.14. The largest absolute Gasteiger partial charge is 0.338 e. The fourth-order valence-corrected chi connectivity index (χ4v) is 2.34. The number of nitrogens with one attached hydrogen (secondary N) is 1. The molecule has 17 heavy (non-hydrogen) atoms. The monoisotopic (exact) mass is 243 g/mol. The molecule has 3 nitrogen and oxygen atoms in total. The van der Waals surface area contributed by atoms with Gasteiger partial charge in [0.2, 0.25) is 0 Å². The van der Waals surface area contributed by atoms with E-state index in [4.69, 9.17) is 5.26 Å². The standard InChI is InChI=1S/C13H13N3S/c1-3-10-6-4-5-7-11(10)16-13-12(8-14)17-9(2)15-13/h4-7,16H,3H2,1-2H3. The molecule has 2 aromatic rings. The number of hydrogen-bond donors (Lipinski definition) is 1. The molecule has 0 fully saturated rings. The van der Waals surface area contributed by atoms with E-state index in [0.717, 1.165) is 17.1 Å². The highest BCUT2D eigenvalue weighted by atomic mass is 32.1. The summed E-state index contributed by atoms with van der Waals surface area (Å²) in [5, 5.41) is 13.2. The number of thiazole rings is 1. The van der Waals surface area contributed by atoms with Gasteiger partial charge >= 0.3 is 0 Å². The maximum atomic E-state index is 9.02. The molecule has 0 amide bonds. The fraction of sp³-hybridized carbons (Fsp3) is 0.231. The lowest BCUT2D eigenvalue weighted by atomic mass is 10.1. The van der Waals surface area contributed by atoms with Crippen LogP contribution in [0.3, 0.4) is 0 Å². The maximum Gasteiger partial charge on any atom is 0.159 e. The summed E-state index contributed by atoms with van der Waals surface area (Å²) in [5.41, 5.74) is 2.25. The van der Waals surface area contributed by atoms with Gasteiger partial charge in [-0.2, -0.15) is 5.26 Å². The number of nitriles is 1. The summed E-state index contributed by atoms with van der Waals surface area (Å²) in [4.78, 5) is 4.97. The van der Waals surface area contributed by atoms with Gasteiger partial charge in [0.1, 0.15) is 10.9 Å². The number of benzene rings is 1. The molecule has 2 rings (SSSR count). The van der Waals surface area contributed by atoms with Crippen molar-refractivity contribution in [3.05, 3.63) is 39.7 Å². The third kappa shape index (κ3) is 2.45. The first kappa shape index (κ1) is 11.6. The second kappa shape index (κ2) is 4.98. The molecule has 0 saturated carbocycles. The Morgan fingerprint density at radius 2 is 2.18 bits per heavy atom. The van der Waals surface area contributed by atoms with E-state index in [-0.39, 0.29) is 0 Å². The Balaban J connectivity index is 2.35. The minimum absolute atomic E-state index is 0.633. The van der Waals surface area contributed by atoms with Gasteiger partial charge in [0.05, 0.1) is 5.01 Å². The first-order valence-electron chi connectivity index (χ1n) is 5.47. The van der Waals surface area contributed by atoms with Crippen LogP contribution in [0.25, 0.3) is 0 Å². The number of anilines is 2. The van der Waals surface area contributed by atoms with E-state index in [9.17, 15) is 0 Å². The molecule has 0 aliphatic carbocycles. The van der Waals surface area contributed by atoms with Crippen LogP contribution >= 0.6 is 11.3 Å². The normalized spacial score (nSPS) is 9.94. The lowest BCUT2D eigenvalue weighted by Gasteiger charge is -2.08. The predicted octanol–water partition coefficient (Wildman–Crippen LogP) is 3.63. The molecular formula is C13H13N3S. The maximum absolute atomic E-state index is 9.02. The molecule has 0 aliphatic rings. The number of rotatable bonds is 3. The van der Waals surface area contributed by atoms with Crippen molar-refractivity contribution in [2.75, 3.05) is 5.32 Å². The van der Waals surface area contributed by atoms with E-state index in [1.807, 2.05) is 25.1 Å². The number of hydrogen-bond acceptors (Lipinski definition) is 4. The molecule has 0 radical (unpaired) electrons. The Bertz CT molecular complexity index is 566. The molecule has 1 aromatic heterocycles. The molecule has 4 heteroatoms. The molecule has 0 saturated heterocycles. The zero-order valence-electron chi connectivity index (χ0n) is 9.82. The van der Waals surface area contributed by atoms with Crippen LogP contribution in [0.2, 0.25) is 0 Å². The smallest absolute Gasteiger partial charge is 0.159 e. The highest BCUT2D eigenvalue weighted by Gasteiger charge is 2.09. The molecule has 0 unspecified atom stereocenters. The molecule has 0 aliphatic heterocycles. The van der Waals surface area contributed by atoms with Crippen LogP contribution in [0.1, 0.15) is 22.4 Å². The van der Waals surface area contributed by atoms with Crippen molar-refractivity contribution < 1.29 is 0 Å². The Kier molecular flexibility index (Phi) is 3.40. The highest BCUT2D eigenvalue weighted by Crippen LogP contribution is 2.26. The molecule has 1 N–H and O–H groups in total. The van der Waals surface area contributed by atoms with Gasteiger partial charge < -0.3 is 5.32 Å². The summed E-state index contributed by atoms with van der Waals surface area (Å²) < 4.78 is 0. The number of aromatic nitrogens is 1. The second-order valence-corrected chi connectivity index (χ2v) is 4.86. The topological polar surface area (TPSA) is 48.7 Å². The summed E-state index contributed by atoms with van der Waals surface area (Å²) in [6.07, 6.45) is 0.953. The van der Waals surface area contributed by atoms with Crippen LogP contribution < -0.4 is 5.32 Å². The summed E-state index contributed by atoms with van der Waals surface area (Å²) >= 11 is 1.41. The number of aryl methyl sites for hydroxylation is 2. The Labute approximate surface area is 105 Å². The molecule has 1 aromatic carbocycles. The average Bonchev–Trinajstić information content (AvgIpc) is 2.70. The van der Waals surface area contributed by atoms with E-state index in [1.165, 1.54) is 16.9 Å². The van der Waals surface area contributed by atoms with Crippen molar-refractivity contribution in [1.29, 1.82) is 5.26 Å². The van der Waals surface area contributed by atoms with Crippen molar-refractivity contribution >= 4 is 22.8 Å².